The normalized spacial score (nSPS) is 38.6. The van der Waals surface area contributed by atoms with Gasteiger partial charge in [-0.05, 0) is 38.6 Å². The van der Waals surface area contributed by atoms with Gasteiger partial charge in [-0.2, -0.15) is 0 Å². The number of piperidine rings is 1. The molecule has 0 aromatic rings. The highest BCUT2D eigenvalue weighted by Gasteiger charge is 2.39. The molecule has 2 atom stereocenters. The van der Waals surface area contributed by atoms with Crippen LogP contribution in [0.4, 0.5) is 0 Å². The molecule has 1 N–H and O–H groups in total. The van der Waals surface area contributed by atoms with Crippen LogP contribution >= 0.6 is 0 Å². The molecule has 0 amide bonds. The van der Waals surface area contributed by atoms with Gasteiger partial charge in [0.2, 0.25) is 0 Å². The molecule has 3 aliphatic heterocycles. The van der Waals surface area contributed by atoms with Gasteiger partial charge >= 0.3 is 0 Å². The van der Waals surface area contributed by atoms with Crippen molar-refractivity contribution in [2.24, 2.45) is 5.41 Å². The molecule has 0 spiro atoms. The topological polar surface area (TPSA) is 27.7 Å². The van der Waals surface area contributed by atoms with Crippen LogP contribution in [0.15, 0.2) is 0 Å². The molecular formula is C17H31N3O. The summed E-state index contributed by atoms with van der Waals surface area (Å²) in [5.74, 6) is 0. The van der Waals surface area contributed by atoms with Gasteiger partial charge in [0.15, 0.2) is 0 Å². The molecule has 0 radical (unpaired) electrons. The molecule has 4 fully saturated rings. The van der Waals surface area contributed by atoms with Crippen molar-refractivity contribution in [3.63, 3.8) is 0 Å². The highest BCUT2D eigenvalue weighted by Crippen LogP contribution is 2.32. The van der Waals surface area contributed by atoms with Crippen LogP contribution in [0.3, 0.4) is 0 Å². The van der Waals surface area contributed by atoms with E-state index in [4.69, 9.17) is 4.74 Å². The monoisotopic (exact) mass is 293 g/mol. The Hall–Kier alpha value is -0.160. The lowest BCUT2D eigenvalue weighted by atomic mass is 9.85. The number of piperazine rings is 1. The van der Waals surface area contributed by atoms with Crippen LogP contribution in [-0.4, -0.2) is 74.4 Å². The maximum Gasteiger partial charge on any atom is 0.0547 e. The number of hydrogen-bond donors (Lipinski definition) is 1. The van der Waals surface area contributed by atoms with Crippen molar-refractivity contribution in [1.29, 1.82) is 0 Å². The van der Waals surface area contributed by atoms with Gasteiger partial charge in [-0.25, -0.2) is 0 Å². The fourth-order valence-electron chi connectivity index (χ4n) is 4.46. The van der Waals surface area contributed by atoms with Crippen LogP contribution in [0.2, 0.25) is 0 Å². The van der Waals surface area contributed by atoms with E-state index in [2.05, 4.69) is 15.1 Å². The lowest BCUT2D eigenvalue weighted by Gasteiger charge is -2.46. The van der Waals surface area contributed by atoms with Gasteiger partial charge in [0.05, 0.1) is 6.61 Å². The standard InChI is InChI=1S/C17H31N3O/c1-2-7-20-9-8-19(11-16(20)3-1)13-17(6-10-21-14-17)12-18-15-4-5-15/h15-16,18H,1-14H2. The van der Waals surface area contributed by atoms with E-state index < -0.39 is 0 Å². The van der Waals surface area contributed by atoms with Crippen LogP contribution in [0.5, 0.6) is 0 Å². The van der Waals surface area contributed by atoms with Crippen LogP contribution in [-0.2, 0) is 4.74 Å². The minimum atomic E-state index is 0.388. The van der Waals surface area contributed by atoms with Crippen molar-refractivity contribution < 1.29 is 4.74 Å². The highest BCUT2D eigenvalue weighted by atomic mass is 16.5. The Labute approximate surface area is 129 Å². The molecule has 4 aliphatic rings. The summed E-state index contributed by atoms with van der Waals surface area (Å²) in [7, 11) is 0. The van der Waals surface area contributed by atoms with Crippen LogP contribution in [0.1, 0.15) is 38.5 Å². The number of rotatable bonds is 5. The van der Waals surface area contributed by atoms with Gasteiger partial charge in [-0.3, -0.25) is 9.80 Å². The zero-order valence-electron chi connectivity index (χ0n) is 13.4. The third-order valence-corrected chi connectivity index (χ3v) is 6.01. The van der Waals surface area contributed by atoms with E-state index in [9.17, 15) is 0 Å². The predicted octanol–water partition coefficient (Wildman–Crippen LogP) is 1.32. The lowest BCUT2D eigenvalue weighted by Crippen LogP contribution is -2.57. The number of ether oxygens (including phenoxy) is 1. The molecular weight excluding hydrogens is 262 g/mol. The first-order chi connectivity index (χ1) is 10.3. The van der Waals surface area contributed by atoms with Gasteiger partial charge in [-0.1, -0.05) is 6.42 Å². The van der Waals surface area contributed by atoms with E-state index in [0.717, 1.165) is 25.3 Å². The summed E-state index contributed by atoms with van der Waals surface area (Å²) in [6.07, 6.45) is 8.29. The van der Waals surface area contributed by atoms with Gasteiger partial charge in [0.1, 0.15) is 0 Å². The van der Waals surface area contributed by atoms with Crippen LogP contribution < -0.4 is 5.32 Å². The van der Waals surface area contributed by atoms with Gasteiger partial charge in [-0.15, -0.1) is 0 Å². The maximum absolute atomic E-state index is 5.78. The molecule has 4 rings (SSSR count). The first kappa shape index (κ1) is 14.4. The molecule has 3 heterocycles. The maximum atomic E-state index is 5.78. The minimum Gasteiger partial charge on any atom is -0.381 e. The summed E-state index contributed by atoms with van der Waals surface area (Å²) in [5, 5.41) is 3.77. The van der Waals surface area contributed by atoms with E-state index in [-0.39, 0.29) is 0 Å². The van der Waals surface area contributed by atoms with Crippen molar-refractivity contribution in [1.82, 2.24) is 15.1 Å². The molecule has 120 valence electrons. The van der Waals surface area contributed by atoms with Crippen LogP contribution in [0, 0.1) is 5.41 Å². The SMILES string of the molecule is C1CCN2CCN(CC3(CNC4CC4)CCOC3)CC2C1. The van der Waals surface area contributed by atoms with Gasteiger partial charge < -0.3 is 10.1 Å². The van der Waals surface area contributed by atoms with E-state index in [1.165, 1.54) is 77.8 Å². The Morgan fingerprint density at radius 1 is 1.10 bits per heavy atom. The molecule has 1 saturated carbocycles. The molecule has 2 unspecified atom stereocenters. The molecule has 0 bridgehead atoms. The van der Waals surface area contributed by atoms with E-state index in [1.807, 2.05) is 0 Å². The van der Waals surface area contributed by atoms with Crippen molar-refractivity contribution in [2.75, 3.05) is 52.5 Å². The molecule has 4 heteroatoms. The second-order valence-corrected chi connectivity index (χ2v) is 7.88. The van der Waals surface area contributed by atoms with Gasteiger partial charge in [0, 0.05) is 56.8 Å². The summed E-state index contributed by atoms with van der Waals surface area (Å²) in [5.41, 5.74) is 0.388. The number of hydrogen-bond acceptors (Lipinski definition) is 4. The Bertz CT molecular complexity index is 352. The first-order valence-electron chi connectivity index (χ1n) is 9.11. The van der Waals surface area contributed by atoms with Crippen molar-refractivity contribution in [2.45, 2.75) is 50.6 Å². The number of nitrogens with zero attached hydrogens (tertiary/aromatic N) is 2. The summed E-state index contributed by atoms with van der Waals surface area (Å²) in [4.78, 5) is 5.48. The average Bonchev–Trinajstić information content (AvgIpc) is 3.25. The summed E-state index contributed by atoms with van der Waals surface area (Å²) < 4.78 is 5.78. The Morgan fingerprint density at radius 2 is 2.05 bits per heavy atom. The fourth-order valence-corrected chi connectivity index (χ4v) is 4.46. The predicted molar refractivity (Wildman–Crippen MR) is 84.5 cm³/mol. The average molecular weight is 293 g/mol. The Kier molecular flexibility index (Phi) is 4.23. The highest BCUT2D eigenvalue weighted by molar-refractivity contribution is 4.94. The third-order valence-electron chi connectivity index (χ3n) is 6.01. The minimum absolute atomic E-state index is 0.388. The fraction of sp³-hybridized carbons (Fsp3) is 1.00. The van der Waals surface area contributed by atoms with Crippen molar-refractivity contribution in [3.05, 3.63) is 0 Å². The quantitative estimate of drug-likeness (QED) is 0.827. The van der Waals surface area contributed by atoms with Crippen molar-refractivity contribution in [3.8, 4) is 0 Å². The molecule has 1 aliphatic carbocycles. The molecule has 4 nitrogen and oxygen atoms in total. The van der Waals surface area contributed by atoms with Gasteiger partial charge in [0.25, 0.3) is 0 Å². The number of fused-ring (bicyclic) bond motifs is 1. The summed E-state index contributed by atoms with van der Waals surface area (Å²) >= 11 is 0. The largest absolute Gasteiger partial charge is 0.381 e. The second-order valence-electron chi connectivity index (χ2n) is 7.88. The Balaban J connectivity index is 1.34. The summed E-state index contributed by atoms with van der Waals surface area (Å²) in [6.45, 7) is 9.55. The second kappa shape index (κ2) is 6.15. The van der Waals surface area contributed by atoms with E-state index >= 15 is 0 Å². The molecule has 21 heavy (non-hydrogen) atoms. The summed E-state index contributed by atoms with van der Waals surface area (Å²) in [6, 6.07) is 1.65. The lowest BCUT2D eigenvalue weighted by molar-refractivity contribution is 0.0220. The smallest absolute Gasteiger partial charge is 0.0547 e. The number of nitrogens with one attached hydrogen (secondary N) is 1. The third kappa shape index (κ3) is 3.44. The molecule has 0 aromatic heterocycles. The first-order valence-corrected chi connectivity index (χ1v) is 9.11. The van der Waals surface area contributed by atoms with Crippen LogP contribution in [0.25, 0.3) is 0 Å². The van der Waals surface area contributed by atoms with E-state index in [1.54, 1.807) is 0 Å². The zero-order chi connectivity index (χ0) is 14.1. The molecule has 0 aromatic carbocycles. The zero-order valence-corrected chi connectivity index (χ0v) is 13.4. The van der Waals surface area contributed by atoms with E-state index in [0.29, 0.717) is 5.41 Å². The molecule has 3 saturated heterocycles. The Morgan fingerprint density at radius 3 is 2.86 bits per heavy atom. The van der Waals surface area contributed by atoms with Crippen molar-refractivity contribution >= 4 is 0 Å².